The fourth-order valence-electron chi connectivity index (χ4n) is 1.48. The van der Waals surface area contributed by atoms with Crippen LogP contribution in [0.2, 0.25) is 0 Å². The topological polar surface area (TPSA) is 50.1 Å². The van der Waals surface area contributed by atoms with Gasteiger partial charge in [0.15, 0.2) is 0 Å². The van der Waals surface area contributed by atoms with E-state index in [1.165, 1.54) is 0 Å². The van der Waals surface area contributed by atoms with Gasteiger partial charge in [-0.15, -0.1) is 0 Å². The highest BCUT2D eigenvalue weighted by molar-refractivity contribution is 8.03. The van der Waals surface area contributed by atoms with Gasteiger partial charge in [0.1, 0.15) is 5.37 Å². The Morgan fingerprint density at radius 3 is 3.13 bits per heavy atom. The summed E-state index contributed by atoms with van der Waals surface area (Å²) in [5, 5.41) is 17.2. The van der Waals surface area contributed by atoms with Crippen LogP contribution in [0.25, 0.3) is 0 Å². The predicted molar refractivity (Wildman–Crippen MR) is 61.1 cm³/mol. The van der Waals surface area contributed by atoms with E-state index >= 15 is 0 Å². The minimum Gasteiger partial charge on any atom is -0.388 e. The Morgan fingerprint density at radius 2 is 2.53 bits per heavy atom. The molecular formula is C10H15N3OS. The van der Waals surface area contributed by atoms with Gasteiger partial charge >= 0.3 is 0 Å². The van der Waals surface area contributed by atoms with Gasteiger partial charge < -0.3 is 10.4 Å². The van der Waals surface area contributed by atoms with Crippen LogP contribution in [0.15, 0.2) is 23.5 Å². The Morgan fingerprint density at radius 1 is 1.73 bits per heavy atom. The number of thioether (sulfide) groups is 1. The summed E-state index contributed by atoms with van der Waals surface area (Å²) in [6, 6.07) is 0. The molecular weight excluding hydrogens is 210 g/mol. The van der Waals surface area contributed by atoms with E-state index in [-0.39, 0.29) is 11.5 Å². The fraction of sp³-hybridized carbons (Fsp3) is 0.500. The normalized spacial score (nSPS) is 22.3. The van der Waals surface area contributed by atoms with Crippen LogP contribution in [0.1, 0.15) is 24.3 Å². The third-order valence-corrected chi connectivity index (χ3v) is 3.68. The molecule has 0 radical (unpaired) electrons. The minimum atomic E-state index is -0.343. The zero-order valence-corrected chi connectivity index (χ0v) is 9.66. The molecule has 1 aliphatic rings. The number of nitrogens with zero attached hydrogens (tertiary/aromatic N) is 2. The van der Waals surface area contributed by atoms with Crippen molar-refractivity contribution in [3.63, 3.8) is 0 Å². The molecule has 0 saturated carbocycles. The lowest BCUT2D eigenvalue weighted by Gasteiger charge is -2.10. The second kappa shape index (κ2) is 4.28. The van der Waals surface area contributed by atoms with Gasteiger partial charge in [-0.1, -0.05) is 18.7 Å². The molecule has 5 heteroatoms. The molecule has 82 valence electrons. The molecule has 15 heavy (non-hydrogen) atoms. The van der Waals surface area contributed by atoms with Crippen LogP contribution in [0.4, 0.5) is 0 Å². The van der Waals surface area contributed by atoms with Crippen molar-refractivity contribution in [2.45, 2.75) is 24.8 Å². The maximum atomic E-state index is 9.68. The van der Waals surface area contributed by atoms with Crippen molar-refractivity contribution in [3.05, 3.63) is 29.1 Å². The van der Waals surface area contributed by atoms with E-state index in [2.05, 4.69) is 10.4 Å². The van der Waals surface area contributed by atoms with Crippen LogP contribution in [0.5, 0.6) is 0 Å². The second-order valence-corrected chi connectivity index (χ2v) is 4.76. The predicted octanol–water partition coefficient (Wildman–Crippen LogP) is 1.37. The molecule has 1 aromatic heterocycles. The molecule has 2 unspecified atom stereocenters. The molecule has 0 bridgehead atoms. The van der Waals surface area contributed by atoms with Gasteiger partial charge in [-0.2, -0.15) is 5.10 Å². The van der Waals surface area contributed by atoms with Gasteiger partial charge in [0.05, 0.1) is 12.3 Å². The quantitative estimate of drug-likeness (QED) is 0.815. The van der Waals surface area contributed by atoms with E-state index in [0.717, 1.165) is 16.9 Å². The number of aliphatic hydroxyl groups excluding tert-OH is 1. The first-order valence-electron chi connectivity index (χ1n) is 5.00. The van der Waals surface area contributed by atoms with Crippen molar-refractivity contribution >= 4 is 11.8 Å². The van der Waals surface area contributed by atoms with Crippen LogP contribution in [-0.4, -0.2) is 21.0 Å². The molecule has 0 aliphatic carbocycles. The lowest BCUT2D eigenvalue weighted by atomic mass is 10.3. The maximum absolute atomic E-state index is 9.68. The molecule has 0 amide bonds. The van der Waals surface area contributed by atoms with Gasteiger partial charge in [0.25, 0.3) is 0 Å². The summed E-state index contributed by atoms with van der Waals surface area (Å²) in [5.41, 5.74) is 1.14. The Labute approximate surface area is 93.4 Å². The molecule has 4 nitrogen and oxygen atoms in total. The number of aryl methyl sites for hydroxylation is 1. The van der Waals surface area contributed by atoms with Gasteiger partial charge in [-0.05, 0) is 6.42 Å². The molecule has 2 atom stereocenters. The van der Waals surface area contributed by atoms with E-state index in [1.807, 2.05) is 32.6 Å². The number of hydrogen-bond acceptors (Lipinski definition) is 4. The first-order valence-corrected chi connectivity index (χ1v) is 5.88. The van der Waals surface area contributed by atoms with E-state index < -0.39 is 0 Å². The van der Waals surface area contributed by atoms with Crippen molar-refractivity contribution < 1.29 is 5.11 Å². The average Bonchev–Trinajstić information content (AvgIpc) is 2.84. The third kappa shape index (κ3) is 2.18. The average molecular weight is 225 g/mol. The van der Waals surface area contributed by atoms with E-state index in [0.29, 0.717) is 0 Å². The standard InChI is InChI=1S/C10H15N3OS/c1-3-8(14)9-5-11-10(15-9)7-4-12-13(2)6-7/h4-6,8,10-11,14H,3H2,1-2H3. The van der Waals surface area contributed by atoms with Crippen molar-refractivity contribution in [1.29, 1.82) is 0 Å². The molecule has 2 rings (SSSR count). The lowest BCUT2D eigenvalue weighted by Crippen LogP contribution is -2.05. The highest BCUT2D eigenvalue weighted by Crippen LogP contribution is 2.38. The van der Waals surface area contributed by atoms with E-state index in [1.54, 1.807) is 16.4 Å². The summed E-state index contributed by atoms with van der Waals surface area (Å²) in [4.78, 5) is 1.01. The van der Waals surface area contributed by atoms with Crippen LogP contribution >= 0.6 is 11.8 Å². The van der Waals surface area contributed by atoms with Crippen molar-refractivity contribution in [3.8, 4) is 0 Å². The first-order chi connectivity index (χ1) is 7.20. The Bertz CT molecular complexity index is 374. The van der Waals surface area contributed by atoms with Crippen molar-refractivity contribution in [1.82, 2.24) is 15.1 Å². The summed E-state index contributed by atoms with van der Waals surface area (Å²) < 4.78 is 1.78. The Hall–Kier alpha value is -0.940. The molecule has 0 spiro atoms. The minimum absolute atomic E-state index is 0.190. The number of nitrogens with one attached hydrogen (secondary N) is 1. The van der Waals surface area contributed by atoms with Crippen molar-refractivity contribution in [2.24, 2.45) is 7.05 Å². The summed E-state index contributed by atoms with van der Waals surface area (Å²) in [6.45, 7) is 1.98. The third-order valence-electron chi connectivity index (χ3n) is 2.37. The van der Waals surface area contributed by atoms with Gasteiger partial charge in [-0.3, -0.25) is 4.68 Å². The number of aliphatic hydroxyl groups is 1. The molecule has 0 saturated heterocycles. The van der Waals surface area contributed by atoms with Crippen LogP contribution < -0.4 is 5.32 Å². The maximum Gasteiger partial charge on any atom is 0.105 e. The summed E-state index contributed by atoms with van der Waals surface area (Å²) in [5.74, 6) is 0. The first kappa shape index (κ1) is 10.6. The highest BCUT2D eigenvalue weighted by Gasteiger charge is 2.23. The fourth-order valence-corrected chi connectivity index (χ4v) is 2.60. The SMILES string of the molecule is CCC(O)C1=CNC(c2cnn(C)c2)S1. The summed E-state index contributed by atoms with van der Waals surface area (Å²) >= 11 is 1.66. The van der Waals surface area contributed by atoms with Crippen LogP contribution in [-0.2, 0) is 7.05 Å². The van der Waals surface area contributed by atoms with Crippen molar-refractivity contribution in [2.75, 3.05) is 0 Å². The molecule has 0 aromatic carbocycles. The number of aromatic nitrogens is 2. The summed E-state index contributed by atoms with van der Waals surface area (Å²) in [6.07, 6.45) is 6.14. The van der Waals surface area contributed by atoms with E-state index in [9.17, 15) is 5.11 Å². The van der Waals surface area contributed by atoms with Crippen LogP contribution in [0, 0.1) is 0 Å². The Kier molecular flexibility index (Phi) is 3.02. The smallest absolute Gasteiger partial charge is 0.105 e. The lowest BCUT2D eigenvalue weighted by molar-refractivity contribution is 0.215. The largest absolute Gasteiger partial charge is 0.388 e. The van der Waals surface area contributed by atoms with E-state index in [4.69, 9.17) is 0 Å². The zero-order valence-electron chi connectivity index (χ0n) is 8.84. The Balaban J connectivity index is 2.01. The van der Waals surface area contributed by atoms with Gasteiger partial charge in [0, 0.05) is 29.9 Å². The molecule has 1 aliphatic heterocycles. The highest BCUT2D eigenvalue weighted by atomic mass is 32.2. The second-order valence-electron chi connectivity index (χ2n) is 3.58. The monoisotopic (exact) mass is 225 g/mol. The molecule has 2 N–H and O–H groups in total. The number of hydrogen-bond donors (Lipinski definition) is 2. The van der Waals surface area contributed by atoms with Crippen LogP contribution in [0.3, 0.4) is 0 Å². The van der Waals surface area contributed by atoms with Gasteiger partial charge in [0.2, 0.25) is 0 Å². The van der Waals surface area contributed by atoms with Gasteiger partial charge in [-0.25, -0.2) is 0 Å². The molecule has 2 heterocycles. The molecule has 1 aromatic rings. The number of rotatable bonds is 3. The zero-order chi connectivity index (χ0) is 10.8. The molecule has 0 fully saturated rings. The summed E-state index contributed by atoms with van der Waals surface area (Å²) in [7, 11) is 1.90.